The van der Waals surface area contributed by atoms with Gasteiger partial charge in [-0.25, -0.2) is 0 Å². The van der Waals surface area contributed by atoms with Crippen molar-refractivity contribution >= 4 is 15.7 Å². The Hall–Kier alpha value is 0.130. The molecule has 2 heteroatoms. The summed E-state index contributed by atoms with van der Waals surface area (Å²) < 4.78 is 0. The van der Waals surface area contributed by atoms with E-state index >= 15 is 0 Å². The number of hydrogen-bond acceptors (Lipinski definition) is 0. The molecule has 0 N–H and O–H groups in total. The summed E-state index contributed by atoms with van der Waals surface area (Å²) >= 11 is 0. The molecule has 4 radical (unpaired) electrons. The van der Waals surface area contributed by atoms with Crippen LogP contribution >= 0.6 is 0 Å². The summed E-state index contributed by atoms with van der Waals surface area (Å²) in [6.07, 6.45) is 9.95. The fourth-order valence-corrected chi connectivity index (χ4v) is 2.76. The van der Waals surface area contributed by atoms with Crippen LogP contribution in [0, 0.1) is 11.3 Å². The summed E-state index contributed by atoms with van der Waals surface area (Å²) in [4.78, 5) is 0. The van der Waals surface area contributed by atoms with Crippen molar-refractivity contribution < 1.29 is 0 Å². The summed E-state index contributed by atoms with van der Waals surface area (Å²) in [6, 6.07) is 0. The molecule has 0 aromatic rings. The van der Waals surface area contributed by atoms with Crippen molar-refractivity contribution in [2.24, 2.45) is 11.3 Å². The maximum atomic E-state index is 6.47. The summed E-state index contributed by atoms with van der Waals surface area (Å²) in [6.45, 7) is 11.1. The first-order valence-electron chi connectivity index (χ1n) is 7.89. The minimum absolute atomic E-state index is 0.0743. The van der Waals surface area contributed by atoms with Crippen LogP contribution in [0.25, 0.3) is 0 Å². The first-order valence-corrected chi connectivity index (χ1v) is 7.89. The van der Waals surface area contributed by atoms with Gasteiger partial charge in [0.05, 0.1) is 15.7 Å². The molecule has 0 rings (SSSR count). The van der Waals surface area contributed by atoms with Crippen LogP contribution in [0.3, 0.4) is 0 Å². The van der Waals surface area contributed by atoms with Gasteiger partial charge in [-0.3, -0.25) is 0 Å². The van der Waals surface area contributed by atoms with Crippen molar-refractivity contribution in [3.8, 4) is 0 Å². The summed E-state index contributed by atoms with van der Waals surface area (Å²) in [5.41, 5.74) is 0.0743. The molecule has 0 bridgehead atoms. The first-order chi connectivity index (χ1) is 8.31. The van der Waals surface area contributed by atoms with Crippen LogP contribution in [-0.2, 0) is 0 Å². The zero-order valence-electron chi connectivity index (χ0n) is 13.4. The van der Waals surface area contributed by atoms with Gasteiger partial charge in [-0.1, -0.05) is 84.3 Å². The molecule has 0 aliphatic heterocycles. The summed E-state index contributed by atoms with van der Waals surface area (Å²) in [5, 5.41) is -0.547. The maximum absolute atomic E-state index is 6.47. The van der Waals surface area contributed by atoms with Gasteiger partial charge in [0.2, 0.25) is 0 Å². The summed E-state index contributed by atoms with van der Waals surface area (Å²) in [7, 11) is 12.9. The zero-order chi connectivity index (χ0) is 14.2. The molecule has 0 aromatic carbocycles. The van der Waals surface area contributed by atoms with Gasteiger partial charge < -0.3 is 0 Å². The van der Waals surface area contributed by atoms with Crippen LogP contribution < -0.4 is 0 Å². The number of rotatable bonds is 10. The van der Waals surface area contributed by atoms with E-state index in [-0.39, 0.29) is 5.41 Å². The molecule has 0 heterocycles. The van der Waals surface area contributed by atoms with E-state index in [1.54, 1.807) is 0 Å². The second-order valence-electron chi connectivity index (χ2n) is 6.56. The van der Waals surface area contributed by atoms with Gasteiger partial charge in [0.15, 0.2) is 0 Å². The SMILES string of the molecule is [B]C([B])(C(C)C)C(C)(CCCC)CCCCCC. The van der Waals surface area contributed by atoms with E-state index in [1.165, 1.54) is 38.5 Å². The second kappa shape index (κ2) is 8.33. The smallest absolute Gasteiger partial charge is 0.0631 e. The lowest BCUT2D eigenvalue weighted by Crippen LogP contribution is -2.39. The van der Waals surface area contributed by atoms with E-state index in [4.69, 9.17) is 15.7 Å². The molecule has 1 unspecified atom stereocenters. The molecular weight excluding hydrogens is 214 g/mol. The van der Waals surface area contributed by atoms with Gasteiger partial charge in [0.1, 0.15) is 0 Å². The second-order valence-corrected chi connectivity index (χ2v) is 6.56. The fourth-order valence-electron chi connectivity index (χ4n) is 2.76. The molecule has 0 saturated heterocycles. The molecule has 0 fully saturated rings. The van der Waals surface area contributed by atoms with Crippen LogP contribution in [0.15, 0.2) is 0 Å². The van der Waals surface area contributed by atoms with Gasteiger partial charge in [0.25, 0.3) is 0 Å². The van der Waals surface area contributed by atoms with Crippen molar-refractivity contribution in [1.82, 2.24) is 0 Å². The van der Waals surface area contributed by atoms with Gasteiger partial charge in [-0.15, -0.1) is 0 Å². The molecule has 1 atom stereocenters. The minimum Gasteiger partial charge on any atom is -0.0916 e. The average molecular weight is 246 g/mol. The standard InChI is InChI=1S/C16H32B2/c1-6-8-10-11-13-15(5,12-9-7-2)16(17,18)14(3)4/h14H,6-13H2,1-5H3. The molecule has 0 aliphatic rings. The van der Waals surface area contributed by atoms with Gasteiger partial charge in [0, 0.05) is 0 Å². The van der Waals surface area contributed by atoms with E-state index in [9.17, 15) is 0 Å². The van der Waals surface area contributed by atoms with Crippen molar-refractivity contribution in [2.75, 3.05) is 0 Å². The van der Waals surface area contributed by atoms with E-state index in [2.05, 4.69) is 34.6 Å². The Morgan fingerprint density at radius 1 is 0.833 bits per heavy atom. The van der Waals surface area contributed by atoms with Crippen molar-refractivity contribution in [3.05, 3.63) is 0 Å². The largest absolute Gasteiger partial charge is 0.0916 e. The predicted octanol–water partition coefficient (Wildman–Crippen LogP) is 5.26. The van der Waals surface area contributed by atoms with Crippen LogP contribution in [0.1, 0.15) is 86.0 Å². The molecule has 0 aliphatic carbocycles. The zero-order valence-corrected chi connectivity index (χ0v) is 13.4. The van der Waals surface area contributed by atoms with E-state index in [0.29, 0.717) is 5.92 Å². The van der Waals surface area contributed by atoms with Crippen LogP contribution in [0.4, 0.5) is 0 Å². The topological polar surface area (TPSA) is 0 Å². The highest BCUT2D eigenvalue weighted by Crippen LogP contribution is 2.52. The maximum Gasteiger partial charge on any atom is 0.0631 e. The monoisotopic (exact) mass is 246 g/mol. The summed E-state index contributed by atoms with van der Waals surface area (Å²) in [5.74, 6) is 0.325. The lowest BCUT2D eigenvalue weighted by atomic mass is 9.37. The molecule has 0 aromatic heterocycles. The Kier molecular flexibility index (Phi) is 8.39. The Balaban J connectivity index is 4.61. The van der Waals surface area contributed by atoms with E-state index in [0.717, 1.165) is 12.8 Å². The van der Waals surface area contributed by atoms with E-state index in [1.807, 2.05) is 0 Å². The van der Waals surface area contributed by atoms with Gasteiger partial charge in [-0.05, 0) is 18.3 Å². The van der Waals surface area contributed by atoms with Crippen LogP contribution in [-0.4, -0.2) is 15.7 Å². The Bertz CT molecular complexity index is 211. The molecular formula is C16H32B2. The Labute approximate surface area is 119 Å². The van der Waals surface area contributed by atoms with E-state index < -0.39 is 5.21 Å². The molecule has 18 heavy (non-hydrogen) atoms. The van der Waals surface area contributed by atoms with Gasteiger partial charge in [-0.2, -0.15) is 0 Å². The molecule has 0 saturated carbocycles. The fraction of sp³-hybridized carbons (Fsp3) is 1.00. The highest BCUT2D eigenvalue weighted by molar-refractivity contribution is 6.40. The van der Waals surface area contributed by atoms with Crippen molar-refractivity contribution in [2.45, 2.75) is 91.2 Å². The highest BCUT2D eigenvalue weighted by Gasteiger charge is 2.40. The normalized spacial score (nSPS) is 15.9. The molecule has 0 nitrogen and oxygen atoms in total. The van der Waals surface area contributed by atoms with Crippen molar-refractivity contribution in [3.63, 3.8) is 0 Å². The predicted molar refractivity (Wildman–Crippen MR) is 85.4 cm³/mol. The third kappa shape index (κ3) is 5.02. The lowest BCUT2D eigenvalue weighted by Gasteiger charge is -2.49. The van der Waals surface area contributed by atoms with Crippen LogP contribution in [0.2, 0.25) is 5.21 Å². The lowest BCUT2D eigenvalue weighted by molar-refractivity contribution is 0.178. The average Bonchev–Trinajstić information content (AvgIpc) is 2.31. The quantitative estimate of drug-likeness (QED) is 0.364. The van der Waals surface area contributed by atoms with Crippen molar-refractivity contribution in [1.29, 1.82) is 0 Å². The minimum atomic E-state index is -0.547. The Morgan fingerprint density at radius 2 is 1.33 bits per heavy atom. The Morgan fingerprint density at radius 3 is 1.78 bits per heavy atom. The number of unbranched alkanes of at least 4 members (excludes halogenated alkanes) is 4. The third-order valence-corrected chi connectivity index (χ3v) is 4.66. The molecule has 0 amide bonds. The highest BCUT2D eigenvalue weighted by atomic mass is 14.4. The first kappa shape index (κ1) is 18.1. The molecule has 0 spiro atoms. The van der Waals surface area contributed by atoms with Crippen LogP contribution in [0.5, 0.6) is 0 Å². The third-order valence-electron chi connectivity index (χ3n) is 4.66. The molecule has 102 valence electrons. The van der Waals surface area contributed by atoms with Gasteiger partial charge >= 0.3 is 0 Å². The number of hydrogen-bond donors (Lipinski definition) is 0.